The van der Waals surface area contributed by atoms with Gasteiger partial charge in [0, 0.05) is 5.33 Å². The molecule has 136 valence electrons. The molecule has 0 heterocycles. The molecule has 0 bridgehead atoms. The number of halogens is 1. The van der Waals surface area contributed by atoms with E-state index in [0.717, 1.165) is 53.7 Å². The Bertz CT molecular complexity index is 512. The van der Waals surface area contributed by atoms with Gasteiger partial charge >= 0.3 is 0 Å². The monoisotopic (exact) mass is 394 g/mol. The number of aliphatic hydroxyl groups is 1. The standard InChI is InChI=1S/C22H35BrO/c1-14(13-23)19-6-7-20-18-5-4-15-12-21(2,24)10-8-16(15)17(18)9-11-22(19,20)3/h15-20,24H,1,4-13H2,2-3H3/t15-,16-,17+,18+,19+,20-,21-,22+/m0/s1. The summed E-state index contributed by atoms with van der Waals surface area (Å²) in [6.45, 7) is 9.07. The van der Waals surface area contributed by atoms with Gasteiger partial charge in [-0.25, -0.2) is 0 Å². The molecule has 0 spiro atoms. The fourth-order valence-electron chi connectivity index (χ4n) is 7.85. The topological polar surface area (TPSA) is 20.2 Å². The number of hydrogen-bond acceptors (Lipinski definition) is 1. The summed E-state index contributed by atoms with van der Waals surface area (Å²) in [5, 5.41) is 11.5. The Morgan fingerprint density at radius 2 is 1.75 bits per heavy atom. The molecule has 4 saturated carbocycles. The quantitative estimate of drug-likeness (QED) is 0.452. The zero-order chi connectivity index (χ0) is 17.1. The molecule has 24 heavy (non-hydrogen) atoms. The molecule has 0 saturated heterocycles. The summed E-state index contributed by atoms with van der Waals surface area (Å²) in [5.74, 6) is 5.30. The van der Waals surface area contributed by atoms with E-state index < -0.39 is 0 Å². The molecule has 0 aromatic carbocycles. The normalized spacial score (nSPS) is 53.8. The highest BCUT2D eigenvalue weighted by atomic mass is 79.9. The van der Waals surface area contributed by atoms with Crippen LogP contribution in [0, 0.1) is 40.9 Å². The molecule has 4 rings (SSSR count). The third-order valence-electron chi connectivity index (χ3n) is 8.90. The molecular weight excluding hydrogens is 360 g/mol. The van der Waals surface area contributed by atoms with Crippen molar-refractivity contribution >= 4 is 15.9 Å². The highest BCUT2D eigenvalue weighted by molar-refractivity contribution is 9.09. The Morgan fingerprint density at radius 3 is 2.50 bits per heavy atom. The minimum Gasteiger partial charge on any atom is -0.390 e. The van der Waals surface area contributed by atoms with E-state index in [2.05, 4.69) is 36.4 Å². The van der Waals surface area contributed by atoms with E-state index in [1.54, 1.807) is 0 Å². The van der Waals surface area contributed by atoms with Gasteiger partial charge in [-0.05, 0) is 106 Å². The van der Waals surface area contributed by atoms with Gasteiger partial charge in [-0.2, -0.15) is 0 Å². The molecule has 0 unspecified atom stereocenters. The van der Waals surface area contributed by atoms with Gasteiger partial charge in [0.05, 0.1) is 5.60 Å². The lowest BCUT2D eigenvalue weighted by Crippen LogP contribution is -2.50. The molecule has 0 amide bonds. The van der Waals surface area contributed by atoms with Gasteiger partial charge in [0.1, 0.15) is 0 Å². The van der Waals surface area contributed by atoms with E-state index in [0.29, 0.717) is 5.41 Å². The number of rotatable bonds is 2. The van der Waals surface area contributed by atoms with Gasteiger partial charge < -0.3 is 5.11 Å². The summed E-state index contributed by atoms with van der Waals surface area (Å²) in [7, 11) is 0. The second kappa shape index (κ2) is 6.12. The number of fused-ring (bicyclic) bond motifs is 5. The average Bonchev–Trinajstić information content (AvgIpc) is 2.90. The molecule has 0 radical (unpaired) electrons. The Morgan fingerprint density at radius 1 is 1.00 bits per heavy atom. The average molecular weight is 395 g/mol. The second-order valence-corrected chi connectivity index (χ2v) is 10.7. The van der Waals surface area contributed by atoms with E-state index in [4.69, 9.17) is 0 Å². The molecular formula is C22H35BrO. The SMILES string of the molecule is C=C(CBr)[C@H]1CC[C@H]2[C@@H]3CC[C@H]4C[C@@](C)(O)CC[C@@H]4[C@H]3CC[C@]12C. The maximum atomic E-state index is 10.5. The van der Waals surface area contributed by atoms with Crippen LogP contribution in [0.15, 0.2) is 12.2 Å². The van der Waals surface area contributed by atoms with Crippen molar-refractivity contribution in [2.24, 2.45) is 40.9 Å². The van der Waals surface area contributed by atoms with E-state index >= 15 is 0 Å². The van der Waals surface area contributed by atoms with Gasteiger partial charge in [0.2, 0.25) is 0 Å². The first-order valence-corrected chi connectivity index (χ1v) is 11.4. The Balaban J connectivity index is 1.54. The van der Waals surface area contributed by atoms with Gasteiger partial charge in [-0.1, -0.05) is 35.0 Å². The zero-order valence-electron chi connectivity index (χ0n) is 15.6. The van der Waals surface area contributed by atoms with Crippen LogP contribution in [-0.4, -0.2) is 16.0 Å². The smallest absolute Gasteiger partial charge is 0.0622 e. The highest BCUT2D eigenvalue weighted by Gasteiger charge is 2.57. The molecule has 1 nitrogen and oxygen atoms in total. The molecule has 0 aromatic rings. The summed E-state index contributed by atoms with van der Waals surface area (Å²) >= 11 is 3.67. The number of alkyl halides is 1. The van der Waals surface area contributed by atoms with Gasteiger partial charge in [0.15, 0.2) is 0 Å². The van der Waals surface area contributed by atoms with Crippen molar-refractivity contribution in [3.05, 3.63) is 12.2 Å². The molecule has 1 N–H and O–H groups in total. The lowest BCUT2D eigenvalue weighted by molar-refractivity contribution is -0.0977. The predicted octanol–water partition coefficient (Wildman–Crippen LogP) is 5.96. The maximum absolute atomic E-state index is 10.5. The summed E-state index contributed by atoms with van der Waals surface area (Å²) in [4.78, 5) is 0. The molecule has 4 aliphatic rings. The first-order chi connectivity index (χ1) is 11.4. The van der Waals surface area contributed by atoms with Crippen molar-refractivity contribution in [3.8, 4) is 0 Å². The minimum atomic E-state index is -0.386. The van der Waals surface area contributed by atoms with Crippen LogP contribution in [-0.2, 0) is 0 Å². The Kier molecular flexibility index (Phi) is 4.48. The van der Waals surface area contributed by atoms with Crippen LogP contribution in [0.3, 0.4) is 0 Å². The molecule has 2 heteroatoms. The van der Waals surface area contributed by atoms with Crippen LogP contribution in [0.4, 0.5) is 0 Å². The van der Waals surface area contributed by atoms with E-state index in [9.17, 15) is 5.11 Å². The van der Waals surface area contributed by atoms with Crippen molar-refractivity contribution in [2.45, 2.75) is 77.2 Å². The predicted molar refractivity (Wildman–Crippen MR) is 104 cm³/mol. The summed E-state index contributed by atoms with van der Waals surface area (Å²) in [6.07, 6.45) is 11.8. The first-order valence-electron chi connectivity index (χ1n) is 10.3. The van der Waals surface area contributed by atoms with Crippen molar-refractivity contribution in [1.29, 1.82) is 0 Å². The fourth-order valence-corrected chi connectivity index (χ4v) is 8.24. The van der Waals surface area contributed by atoms with E-state index in [1.165, 1.54) is 50.5 Å². The summed E-state index contributed by atoms with van der Waals surface area (Å²) in [5.41, 5.74) is 1.57. The van der Waals surface area contributed by atoms with Crippen molar-refractivity contribution in [3.63, 3.8) is 0 Å². The number of allylic oxidation sites excluding steroid dienone is 1. The number of hydrogen-bond donors (Lipinski definition) is 1. The van der Waals surface area contributed by atoms with Crippen LogP contribution in [0.5, 0.6) is 0 Å². The maximum Gasteiger partial charge on any atom is 0.0622 e. The van der Waals surface area contributed by atoms with Gasteiger partial charge in [-0.15, -0.1) is 0 Å². The molecule has 4 fully saturated rings. The van der Waals surface area contributed by atoms with Gasteiger partial charge in [0.25, 0.3) is 0 Å². The molecule has 0 aromatic heterocycles. The molecule has 0 aliphatic heterocycles. The lowest BCUT2D eigenvalue weighted by Gasteiger charge is -2.57. The summed E-state index contributed by atoms with van der Waals surface area (Å²) in [6, 6.07) is 0. The van der Waals surface area contributed by atoms with Crippen LogP contribution in [0.25, 0.3) is 0 Å². The molecule has 4 aliphatic carbocycles. The highest BCUT2D eigenvalue weighted by Crippen LogP contribution is 2.65. The van der Waals surface area contributed by atoms with E-state index in [-0.39, 0.29) is 5.60 Å². The largest absolute Gasteiger partial charge is 0.390 e. The second-order valence-electron chi connectivity index (χ2n) is 10.1. The Hall–Kier alpha value is 0.180. The third kappa shape index (κ3) is 2.66. The minimum absolute atomic E-state index is 0.386. The third-order valence-corrected chi connectivity index (χ3v) is 9.62. The van der Waals surface area contributed by atoms with E-state index in [1.807, 2.05) is 0 Å². The summed E-state index contributed by atoms with van der Waals surface area (Å²) < 4.78 is 0. The Labute approximate surface area is 156 Å². The van der Waals surface area contributed by atoms with Crippen LogP contribution >= 0.6 is 15.9 Å². The first kappa shape index (κ1) is 17.6. The van der Waals surface area contributed by atoms with Gasteiger partial charge in [-0.3, -0.25) is 0 Å². The van der Waals surface area contributed by atoms with Crippen LogP contribution in [0.2, 0.25) is 0 Å². The van der Waals surface area contributed by atoms with Crippen LogP contribution < -0.4 is 0 Å². The molecule has 8 atom stereocenters. The fraction of sp³-hybridized carbons (Fsp3) is 0.909. The zero-order valence-corrected chi connectivity index (χ0v) is 17.2. The van der Waals surface area contributed by atoms with Crippen molar-refractivity contribution < 1.29 is 5.11 Å². The van der Waals surface area contributed by atoms with Crippen molar-refractivity contribution in [1.82, 2.24) is 0 Å². The van der Waals surface area contributed by atoms with Crippen LogP contribution in [0.1, 0.15) is 71.6 Å². The van der Waals surface area contributed by atoms with Crippen molar-refractivity contribution in [2.75, 3.05) is 5.33 Å². The lowest BCUT2D eigenvalue weighted by atomic mass is 9.49.